The van der Waals surface area contributed by atoms with Gasteiger partial charge in [0.1, 0.15) is 5.75 Å². The first kappa shape index (κ1) is 17.0. The van der Waals surface area contributed by atoms with Gasteiger partial charge in [-0.05, 0) is 44.1 Å². The fraction of sp³-hybridized carbons (Fsp3) is 0.500. The highest BCUT2D eigenvalue weighted by Crippen LogP contribution is 2.30. The van der Waals surface area contributed by atoms with E-state index in [1.807, 2.05) is 19.9 Å². The second-order valence-corrected chi connectivity index (χ2v) is 5.05. The molecular formula is C14H21ClN2O2S. The number of anilines is 1. The molecule has 0 spiro atoms. The molecule has 20 heavy (non-hydrogen) atoms. The van der Waals surface area contributed by atoms with Crippen LogP contribution in [0.25, 0.3) is 0 Å². The average Bonchev–Trinajstić information content (AvgIpc) is 2.42. The molecular weight excluding hydrogens is 296 g/mol. The summed E-state index contributed by atoms with van der Waals surface area (Å²) in [6.07, 6.45) is 0.909. The van der Waals surface area contributed by atoms with Crippen LogP contribution in [-0.2, 0) is 4.74 Å². The number of nitrogens with one attached hydrogen (secondary N) is 2. The van der Waals surface area contributed by atoms with Gasteiger partial charge in [0.05, 0.1) is 12.8 Å². The van der Waals surface area contributed by atoms with Gasteiger partial charge >= 0.3 is 0 Å². The predicted octanol–water partition coefficient (Wildman–Crippen LogP) is 3.37. The highest BCUT2D eigenvalue weighted by Gasteiger charge is 2.08. The van der Waals surface area contributed by atoms with Crippen molar-refractivity contribution in [2.45, 2.75) is 20.3 Å². The van der Waals surface area contributed by atoms with Gasteiger partial charge in [-0.2, -0.15) is 0 Å². The lowest BCUT2D eigenvalue weighted by atomic mass is 10.2. The minimum atomic E-state index is 0.557. The van der Waals surface area contributed by atoms with Gasteiger partial charge in [-0.3, -0.25) is 0 Å². The number of hydrogen-bond acceptors (Lipinski definition) is 3. The van der Waals surface area contributed by atoms with Gasteiger partial charge < -0.3 is 20.1 Å². The van der Waals surface area contributed by atoms with E-state index in [4.69, 9.17) is 33.3 Å². The Morgan fingerprint density at radius 3 is 2.80 bits per heavy atom. The molecule has 0 bridgehead atoms. The molecule has 0 amide bonds. The quantitative estimate of drug-likeness (QED) is 0.596. The Labute approximate surface area is 130 Å². The zero-order chi connectivity index (χ0) is 15.0. The molecule has 1 aromatic carbocycles. The molecule has 0 aliphatic carbocycles. The van der Waals surface area contributed by atoms with Crippen molar-refractivity contribution in [2.24, 2.45) is 0 Å². The average molecular weight is 317 g/mol. The van der Waals surface area contributed by atoms with Gasteiger partial charge in [-0.25, -0.2) is 0 Å². The van der Waals surface area contributed by atoms with Crippen LogP contribution in [0, 0.1) is 6.92 Å². The van der Waals surface area contributed by atoms with E-state index in [0.717, 1.165) is 37.4 Å². The molecule has 0 unspecified atom stereocenters. The molecule has 4 nitrogen and oxygen atoms in total. The smallest absolute Gasteiger partial charge is 0.170 e. The summed E-state index contributed by atoms with van der Waals surface area (Å²) < 4.78 is 10.5. The molecule has 0 saturated heterocycles. The maximum absolute atomic E-state index is 6.06. The minimum Gasteiger partial charge on any atom is -0.495 e. The highest BCUT2D eigenvalue weighted by molar-refractivity contribution is 7.80. The standard InChI is InChI=1S/C14H21ClN2O2S/c1-4-19-7-5-6-16-14(20)17-12-8-10(2)11(15)9-13(12)18-3/h8-9H,4-7H2,1-3H3,(H2,16,17,20). The molecule has 2 N–H and O–H groups in total. The summed E-state index contributed by atoms with van der Waals surface area (Å²) in [6, 6.07) is 3.69. The van der Waals surface area contributed by atoms with Crippen molar-refractivity contribution in [1.82, 2.24) is 5.32 Å². The molecule has 0 radical (unpaired) electrons. The van der Waals surface area contributed by atoms with E-state index in [1.165, 1.54) is 0 Å². The monoisotopic (exact) mass is 316 g/mol. The Bertz CT molecular complexity index is 455. The van der Waals surface area contributed by atoms with Crippen molar-refractivity contribution in [3.05, 3.63) is 22.7 Å². The van der Waals surface area contributed by atoms with Crippen LogP contribution in [-0.4, -0.2) is 32.0 Å². The number of thiocarbonyl (C=S) groups is 1. The van der Waals surface area contributed by atoms with Crippen molar-refractivity contribution in [3.8, 4) is 5.75 Å². The molecule has 112 valence electrons. The zero-order valence-corrected chi connectivity index (χ0v) is 13.7. The van der Waals surface area contributed by atoms with E-state index in [-0.39, 0.29) is 0 Å². The van der Waals surface area contributed by atoms with E-state index < -0.39 is 0 Å². The van der Waals surface area contributed by atoms with Crippen molar-refractivity contribution < 1.29 is 9.47 Å². The first-order chi connectivity index (χ1) is 9.58. The van der Waals surface area contributed by atoms with Crippen LogP contribution in [0.1, 0.15) is 18.9 Å². The molecule has 0 aliphatic heterocycles. The Morgan fingerprint density at radius 2 is 2.15 bits per heavy atom. The maximum Gasteiger partial charge on any atom is 0.170 e. The number of halogens is 1. The van der Waals surface area contributed by atoms with Crippen molar-refractivity contribution in [2.75, 3.05) is 32.2 Å². The summed E-state index contributed by atoms with van der Waals surface area (Å²) in [4.78, 5) is 0. The highest BCUT2D eigenvalue weighted by atomic mass is 35.5. The van der Waals surface area contributed by atoms with Gasteiger partial charge in [0.15, 0.2) is 5.11 Å². The number of hydrogen-bond donors (Lipinski definition) is 2. The lowest BCUT2D eigenvalue weighted by Crippen LogP contribution is -2.30. The van der Waals surface area contributed by atoms with E-state index in [9.17, 15) is 0 Å². The third-order valence-electron chi connectivity index (χ3n) is 2.68. The van der Waals surface area contributed by atoms with Gasteiger partial charge in [0.25, 0.3) is 0 Å². The first-order valence-corrected chi connectivity index (χ1v) is 7.33. The fourth-order valence-electron chi connectivity index (χ4n) is 1.62. The van der Waals surface area contributed by atoms with Crippen molar-refractivity contribution in [1.29, 1.82) is 0 Å². The molecule has 1 aromatic rings. The first-order valence-electron chi connectivity index (χ1n) is 6.55. The van der Waals surface area contributed by atoms with Crippen LogP contribution in [0.5, 0.6) is 5.75 Å². The normalized spacial score (nSPS) is 10.2. The van der Waals surface area contributed by atoms with Crippen molar-refractivity contribution in [3.63, 3.8) is 0 Å². The SMILES string of the molecule is CCOCCCNC(=S)Nc1cc(C)c(Cl)cc1OC. The molecule has 0 aliphatic rings. The lowest BCUT2D eigenvalue weighted by molar-refractivity contribution is 0.146. The third kappa shape index (κ3) is 5.53. The Kier molecular flexibility index (Phi) is 7.65. The number of benzene rings is 1. The van der Waals surface area contributed by atoms with Crippen LogP contribution in [0.2, 0.25) is 5.02 Å². The molecule has 0 fully saturated rings. The second kappa shape index (κ2) is 9.00. The summed E-state index contributed by atoms with van der Waals surface area (Å²) in [5.41, 5.74) is 1.77. The van der Waals surface area contributed by atoms with Crippen molar-refractivity contribution >= 4 is 34.6 Å². The topological polar surface area (TPSA) is 42.5 Å². The Balaban J connectivity index is 2.51. The van der Waals surface area contributed by atoms with E-state index in [0.29, 0.717) is 15.9 Å². The minimum absolute atomic E-state index is 0.557. The number of aryl methyl sites for hydroxylation is 1. The van der Waals surface area contributed by atoms with Crippen LogP contribution in [0.4, 0.5) is 5.69 Å². The molecule has 1 rings (SSSR count). The molecule has 0 heterocycles. The summed E-state index contributed by atoms with van der Waals surface area (Å²) in [6.45, 7) is 6.15. The second-order valence-electron chi connectivity index (χ2n) is 4.23. The van der Waals surface area contributed by atoms with Crippen LogP contribution in [0.15, 0.2) is 12.1 Å². The summed E-state index contributed by atoms with van der Waals surface area (Å²) in [5.74, 6) is 0.666. The Morgan fingerprint density at radius 1 is 1.40 bits per heavy atom. The zero-order valence-electron chi connectivity index (χ0n) is 12.1. The molecule has 6 heteroatoms. The number of rotatable bonds is 7. The number of methoxy groups -OCH3 is 1. The van der Waals surface area contributed by atoms with E-state index >= 15 is 0 Å². The largest absolute Gasteiger partial charge is 0.495 e. The van der Waals surface area contributed by atoms with Gasteiger partial charge in [-0.15, -0.1) is 0 Å². The summed E-state index contributed by atoms with van der Waals surface area (Å²) in [7, 11) is 1.60. The molecule has 0 aromatic heterocycles. The van der Waals surface area contributed by atoms with E-state index in [1.54, 1.807) is 13.2 Å². The van der Waals surface area contributed by atoms with Crippen LogP contribution in [0.3, 0.4) is 0 Å². The number of ether oxygens (including phenoxy) is 2. The molecule has 0 atom stereocenters. The molecule has 0 saturated carbocycles. The Hall–Kier alpha value is -1.04. The van der Waals surface area contributed by atoms with Gasteiger partial charge in [-0.1, -0.05) is 11.6 Å². The summed E-state index contributed by atoms with van der Waals surface area (Å²) in [5, 5.41) is 7.47. The van der Waals surface area contributed by atoms with Crippen LogP contribution < -0.4 is 15.4 Å². The van der Waals surface area contributed by atoms with E-state index in [2.05, 4.69) is 10.6 Å². The van der Waals surface area contributed by atoms with Crippen LogP contribution >= 0.6 is 23.8 Å². The van der Waals surface area contributed by atoms with Gasteiger partial charge in [0.2, 0.25) is 0 Å². The van der Waals surface area contributed by atoms with Gasteiger partial charge in [0, 0.05) is 30.8 Å². The fourth-order valence-corrected chi connectivity index (χ4v) is 1.98. The lowest BCUT2D eigenvalue weighted by Gasteiger charge is -2.14. The summed E-state index contributed by atoms with van der Waals surface area (Å²) >= 11 is 11.3. The predicted molar refractivity (Wildman–Crippen MR) is 88.1 cm³/mol. The maximum atomic E-state index is 6.06. The third-order valence-corrected chi connectivity index (χ3v) is 3.34.